The molecule has 144 valence electrons. The molecule has 29 heavy (non-hydrogen) atoms. The Kier molecular flexibility index (Phi) is 5.38. The summed E-state index contributed by atoms with van der Waals surface area (Å²) in [5, 5.41) is 6.77. The van der Waals surface area contributed by atoms with Gasteiger partial charge in [0, 0.05) is 11.6 Å². The molecule has 0 atom stereocenters. The fourth-order valence-electron chi connectivity index (χ4n) is 2.93. The quantitative estimate of drug-likeness (QED) is 0.478. The topological polar surface area (TPSA) is 64.4 Å². The molecular weight excluding hydrogens is 364 g/mol. The number of benzene rings is 3. The summed E-state index contributed by atoms with van der Waals surface area (Å²) in [6.07, 6.45) is 0. The van der Waals surface area contributed by atoms with Crippen LogP contribution in [-0.4, -0.2) is 11.1 Å². The molecule has 0 unspecified atom stereocenters. The molecule has 1 N–H and O–H groups in total. The van der Waals surface area contributed by atoms with Gasteiger partial charge in [-0.1, -0.05) is 71.4 Å². The average Bonchev–Trinajstić information content (AvgIpc) is 3.24. The monoisotopic (exact) mass is 384 g/mol. The fraction of sp³-hybridized carbons (Fsp3) is 0.0833. The van der Waals surface area contributed by atoms with Crippen LogP contribution in [0.15, 0.2) is 89.5 Å². The summed E-state index contributed by atoms with van der Waals surface area (Å²) in [6.45, 7) is 2.41. The lowest BCUT2D eigenvalue weighted by molar-refractivity contribution is 0.101. The molecule has 4 aromatic rings. The van der Waals surface area contributed by atoms with E-state index in [0.29, 0.717) is 23.8 Å². The molecule has 1 aromatic heterocycles. The lowest BCUT2D eigenvalue weighted by atomic mass is 10.1. The highest BCUT2D eigenvalue weighted by molar-refractivity contribution is 6.04. The number of ether oxygens (including phenoxy) is 1. The number of carbonyl (C=O) groups excluding carboxylic acids is 1. The zero-order chi connectivity index (χ0) is 20.1. The van der Waals surface area contributed by atoms with Gasteiger partial charge in [-0.2, -0.15) is 0 Å². The third kappa shape index (κ3) is 4.52. The van der Waals surface area contributed by atoms with Crippen molar-refractivity contribution in [2.45, 2.75) is 13.5 Å². The number of anilines is 1. The van der Waals surface area contributed by atoms with Crippen LogP contribution in [0.5, 0.6) is 5.75 Å². The molecule has 5 heteroatoms. The van der Waals surface area contributed by atoms with E-state index in [2.05, 4.69) is 10.5 Å². The van der Waals surface area contributed by atoms with Crippen molar-refractivity contribution in [1.29, 1.82) is 0 Å². The zero-order valence-electron chi connectivity index (χ0n) is 16.0. The van der Waals surface area contributed by atoms with Gasteiger partial charge >= 0.3 is 0 Å². The first-order valence-electron chi connectivity index (χ1n) is 9.30. The van der Waals surface area contributed by atoms with Crippen molar-refractivity contribution in [1.82, 2.24) is 5.16 Å². The summed E-state index contributed by atoms with van der Waals surface area (Å²) in [6, 6.07) is 26.6. The lowest BCUT2D eigenvalue weighted by Crippen LogP contribution is -2.13. The fourth-order valence-corrected chi connectivity index (χ4v) is 2.93. The maximum atomic E-state index is 12.7. The number of aryl methyl sites for hydroxylation is 1. The maximum Gasteiger partial charge on any atom is 0.277 e. The Bertz CT molecular complexity index is 1120. The highest BCUT2D eigenvalue weighted by atomic mass is 16.5. The van der Waals surface area contributed by atoms with Crippen LogP contribution in [0.3, 0.4) is 0 Å². The molecule has 0 radical (unpaired) electrons. The number of rotatable bonds is 6. The SMILES string of the molecule is Cc1cccc(-c2cc(C(=O)Nc3ccccc3OCc3ccccc3)no2)c1. The van der Waals surface area contributed by atoms with Crippen molar-refractivity contribution in [2.24, 2.45) is 0 Å². The van der Waals surface area contributed by atoms with Gasteiger partial charge < -0.3 is 14.6 Å². The van der Waals surface area contributed by atoms with Gasteiger partial charge in [-0.15, -0.1) is 0 Å². The summed E-state index contributed by atoms with van der Waals surface area (Å²) < 4.78 is 11.2. The van der Waals surface area contributed by atoms with Crippen LogP contribution in [-0.2, 0) is 6.61 Å². The Balaban J connectivity index is 1.48. The Morgan fingerprint density at radius 3 is 2.59 bits per heavy atom. The number of hydrogen-bond acceptors (Lipinski definition) is 4. The first kappa shape index (κ1) is 18.5. The van der Waals surface area contributed by atoms with Gasteiger partial charge in [-0.25, -0.2) is 0 Å². The van der Waals surface area contributed by atoms with E-state index in [-0.39, 0.29) is 11.6 Å². The second-order valence-corrected chi connectivity index (χ2v) is 6.67. The molecular formula is C24H20N2O3. The van der Waals surface area contributed by atoms with E-state index in [9.17, 15) is 4.79 Å². The molecule has 3 aromatic carbocycles. The number of amides is 1. The van der Waals surface area contributed by atoms with Crippen LogP contribution in [0.2, 0.25) is 0 Å². The Morgan fingerprint density at radius 1 is 0.966 bits per heavy atom. The third-order valence-electron chi connectivity index (χ3n) is 4.42. The maximum absolute atomic E-state index is 12.7. The second-order valence-electron chi connectivity index (χ2n) is 6.67. The van der Waals surface area contributed by atoms with E-state index in [4.69, 9.17) is 9.26 Å². The van der Waals surface area contributed by atoms with Crippen LogP contribution < -0.4 is 10.1 Å². The van der Waals surface area contributed by atoms with Crippen LogP contribution in [0.4, 0.5) is 5.69 Å². The van der Waals surface area contributed by atoms with Gasteiger partial charge in [0.25, 0.3) is 5.91 Å². The van der Waals surface area contributed by atoms with E-state index in [1.54, 1.807) is 12.1 Å². The van der Waals surface area contributed by atoms with E-state index in [1.807, 2.05) is 79.7 Å². The normalized spacial score (nSPS) is 10.5. The number of nitrogens with zero attached hydrogens (tertiary/aromatic N) is 1. The number of nitrogens with one attached hydrogen (secondary N) is 1. The van der Waals surface area contributed by atoms with E-state index < -0.39 is 0 Å². The van der Waals surface area contributed by atoms with Crippen molar-refractivity contribution in [3.63, 3.8) is 0 Å². The number of aromatic nitrogens is 1. The Morgan fingerprint density at radius 2 is 1.76 bits per heavy atom. The van der Waals surface area contributed by atoms with Gasteiger partial charge in [-0.3, -0.25) is 4.79 Å². The summed E-state index contributed by atoms with van der Waals surface area (Å²) >= 11 is 0. The van der Waals surface area contributed by atoms with Gasteiger partial charge in [0.2, 0.25) is 0 Å². The van der Waals surface area contributed by atoms with Gasteiger partial charge in [0.05, 0.1) is 5.69 Å². The molecule has 0 aliphatic rings. The van der Waals surface area contributed by atoms with Gasteiger partial charge in [-0.05, 0) is 30.7 Å². The van der Waals surface area contributed by atoms with Crippen molar-refractivity contribution >= 4 is 11.6 Å². The molecule has 0 saturated heterocycles. The smallest absolute Gasteiger partial charge is 0.277 e. The minimum Gasteiger partial charge on any atom is -0.487 e. The zero-order valence-corrected chi connectivity index (χ0v) is 16.0. The van der Waals surface area contributed by atoms with Crippen LogP contribution in [0.1, 0.15) is 21.6 Å². The molecule has 0 spiro atoms. The molecule has 5 nitrogen and oxygen atoms in total. The van der Waals surface area contributed by atoms with Gasteiger partial charge in [0.15, 0.2) is 11.5 Å². The number of hydrogen-bond donors (Lipinski definition) is 1. The molecule has 4 rings (SSSR count). The van der Waals surface area contributed by atoms with Crippen molar-refractivity contribution in [2.75, 3.05) is 5.32 Å². The molecule has 0 aliphatic carbocycles. The highest BCUT2D eigenvalue weighted by Crippen LogP contribution is 2.26. The molecule has 0 bridgehead atoms. The minimum atomic E-state index is -0.358. The summed E-state index contributed by atoms with van der Waals surface area (Å²) in [7, 11) is 0. The molecule has 1 amide bonds. The summed E-state index contributed by atoms with van der Waals surface area (Å²) in [5.74, 6) is 0.781. The number of carbonyl (C=O) groups is 1. The molecule has 0 saturated carbocycles. The minimum absolute atomic E-state index is 0.208. The lowest BCUT2D eigenvalue weighted by Gasteiger charge is -2.11. The largest absolute Gasteiger partial charge is 0.487 e. The van der Waals surface area contributed by atoms with Gasteiger partial charge in [0.1, 0.15) is 12.4 Å². The van der Waals surface area contributed by atoms with Crippen molar-refractivity contribution in [3.8, 4) is 17.1 Å². The average molecular weight is 384 g/mol. The van der Waals surface area contributed by atoms with Crippen LogP contribution in [0.25, 0.3) is 11.3 Å². The first-order valence-corrected chi connectivity index (χ1v) is 9.30. The highest BCUT2D eigenvalue weighted by Gasteiger charge is 2.16. The predicted octanol–water partition coefficient (Wildman–Crippen LogP) is 5.48. The van der Waals surface area contributed by atoms with E-state index in [0.717, 1.165) is 16.7 Å². The Hall–Kier alpha value is -3.86. The standard InChI is InChI=1S/C24H20N2O3/c1-17-8-7-11-19(14-17)23-15-21(26-29-23)24(27)25-20-12-5-6-13-22(20)28-16-18-9-3-2-4-10-18/h2-15H,16H2,1H3,(H,25,27). The molecule has 0 aliphatic heterocycles. The summed E-state index contributed by atoms with van der Waals surface area (Å²) in [5.41, 5.74) is 3.82. The third-order valence-corrected chi connectivity index (χ3v) is 4.42. The first-order chi connectivity index (χ1) is 14.2. The van der Waals surface area contributed by atoms with E-state index in [1.165, 1.54) is 0 Å². The summed E-state index contributed by atoms with van der Waals surface area (Å²) in [4.78, 5) is 12.7. The van der Waals surface area contributed by atoms with Crippen molar-refractivity contribution in [3.05, 3.63) is 102 Å². The molecule has 1 heterocycles. The predicted molar refractivity (Wildman–Crippen MR) is 112 cm³/mol. The van der Waals surface area contributed by atoms with Crippen LogP contribution in [0, 0.1) is 6.92 Å². The van der Waals surface area contributed by atoms with Crippen molar-refractivity contribution < 1.29 is 14.1 Å². The van der Waals surface area contributed by atoms with E-state index >= 15 is 0 Å². The number of para-hydroxylation sites is 2. The second kappa shape index (κ2) is 8.44. The Labute approximate surface area is 168 Å². The molecule has 0 fully saturated rings. The van der Waals surface area contributed by atoms with Crippen LogP contribution >= 0.6 is 0 Å².